The first-order valence-corrected chi connectivity index (χ1v) is 15.0. The molecule has 5 rings (SSSR count). The molecule has 1 amide bonds. The Morgan fingerprint density at radius 3 is 2.43 bits per heavy atom. The predicted octanol–water partition coefficient (Wildman–Crippen LogP) is 3.29. The fraction of sp³-hybridized carbons (Fsp3) is 0.440. The molecule has 2 fully saturated rings. The number of rotatable bonds is 8. The quantitative estimate of drug-likeness (QED) is 0.449. The second-order valence-corrected chi connectivity index (χ2v) is 12.5. The van der Waals surface area contributed by atoms with Gasteiger partial charge < -0.3 is 15.0 Å². The number of amides is 1. The highest BCUT2D eigenvalue weighted by molar-refractivity contribution is 7.89. The third-order valence-electron chi connectivity index (χ3n) is 6.83. The van der Waals surface area contributed by atoms with Gasteiger partial charge in [-0.2, -0.15) is 4.31 Å². The largest absolute Gasteiger partial charge is 0.493 e. The van der Waals surface area contributed by atoms with Crippen LogP contribution in [0.25, 0.3) is 10.2 Å². The van der Waals surface area contributed by atoms with Gasteiger partial charge in [0.2, 0.25) is 10.0 Å². The van der Waals surface area contributed by atoms with E-state index < -0.39 is 10.0 Å². The fourth-order valence-electron chi connectivity index (χ4n) is 4.71. The van der Waals surface area contributed by atoms with Crippen molar-refractivity contribution in [1.82, 2.24) is 19.5 Å². The average Bonchev–Trinajstić information content (AvgIpc) is 3.60. The van der Waals surface area contributed by atoms with Crippen LogP contribution in [-0.4, -0.2) is 88.0 Å². The number of nitrogens with zero attached hydrogens (tertiary/aromatic N) is 4. The highest BCUT2D eigenvalue weighted by Crippen LogP contribution is 2.38. The summed E-state index contributed by atoms with van der Waals surface area (Å²) < 4.78 is 33.3. The van der Waals surface area contributed by atoms with E-state index in [0.717, 1.165) is 60.9 Å². The van der Waals surface area contributed by atoms with Gasteiger partial charge in [-0.15, -0.1) is 0 Å². The summed E-state index contributed by atoms with van der Waals surface area (Å²) in [6, 6.07) is 10.0. The molecule has 3 aromatic rings. The van der Waals surface area contributed by atoms with E-state index in [4.69, 9.17) is 21.3 Å². The minimum absolute atomic E-state index is 0.203. The molecule has 9 nitrogen and oxygen atoms in total. The van der Waals surface area contributed by atoms with Crippen LogP contribution in [0.3, 0.4) is 0 Å². The number of hydrogen-bond acceptors (Lipinski definition) is 8. The second-order valence-electron chi connectivity index (χ2n) is 9.14. The van der Waals surface area contributed by atoms with Gasteiger partial charge >= 0.3 is 0 Å². The number of halogens is 1. The highest BCUT2D eigenvalue weighted by Gasteiger charge is 2.27. The Morgan fingerprint density at radius 2 is 1.76 bits per heavy atom. The van der Waals surface area contributed by atoms with E-state index >= 15 is 0 Å². The SMILES string of the molecule is COc1c(Cl)ccc2sc(N3CCN(CCNC(=O)c4ccc(S(=O)(=O)N5CCCC5)cc4)CC3)nc12. The predicted molar refractivity (Wildman–Crippen MR) is 147 cm³/mol. The van der Waals surface area contributed by atoms with Crippen molar-refractivity contribution in [2.75, 3.05) is 64.4 Å². The number of anilines is 1. The standard InChI is InChI=1S/C25H30ClN5O4S2/c1-35-23-20(26)8-9-21-22(23)28-25(36-21)30-16-14-29(15-17-30)13-10-27-24(32)18-4-6-19(7-5-18)37(33,34)31-11-2-3-12-31/h4-9H,2-3,10-17H2,1H3,(H,27,32). The minimum Gasteiger partial charge on any atom is -0.493 e. The number of sulfonamides is 1. The van der Waals surface area contributed by atoms with Crippen LogP contribution in [0.2, 0.25) is 5.02 Å². The number of carbonyl (C=O) groups excluding carboxylic acids is 1. The summed E-state index contributed by atoms with van der Waals surface area (Å²) in [5.41, 5.74) is 1.25. The maximum absolute atomic E-state index is 12.7. The lowest BCUT2D eigenvalue weighted by molar-refractivity contribution is 0.0947. The van der Waals surface area contributed by atoms with E-state index in [0.29, 0.717) is 36.0 Å². The number of ether oxygens (including phenoxy) is 1. The van der Waals surface area contributed by atoms with Gasteiger partial charge in [0, 0.05) is 57.9 Å². The molecule has 0 aliphatic carbocycles. The van der Waals surface area contributed by atoms with Crippen LogP contribution in [0.1, 0.15) is 23.2 Å². The number of nitrogens with one attached hydrogen (secondary N) is 1. The smallest absolute Gasteiger partial charge is 0.251 e. The Morgan fingerprint density at radius 1 is 1.05 bits per heavy atom. The van der Waals surface area contributed by atoms with E-state index in [2.05, 4.69) is 15.1 Å². The van der Waals surface area contributed by atoms with E-state index in [1.165, 1.54) is 16.4 Å². The van der Waals surface area contributed by atoms with Crippen molar-refractivity contribution in [3.63, 3.8) is 0 Å². The molecular weight excluding hydrogens is 534 g/mol. The first-order chi connectivity index (χ1) is 17.9. The van der Waals surface area contributed by atoms with Crippen molar-refractivity contribution in [3.05, 3.63) is 47.0 Å². The van der Waals surface area contributed by atoms with Crippen LogP contribution in [0.4, 0.5) is 5.13 Å². The molecule has 37 heavy (non-hydrogen) atoms. The minimum atomic E-state index is -3.48. The number of carbonyl (C=O) groups is 1. The van der Waals surface area contributed by atoms with Crippen molar-refractivity contribution in [2.45, 2.75) is 17.7 Å². The maximum atomic E-state index is 12.7. The van der Waals surface area contributed by atoms with Crippen LogP contribution < -0.4 is 15.0 Å². The van der Waals surface area contributed by atoms with Crippen LogP contribution in [0, 0.1) is 0 Å². The number of hydrogen-bond donors (Lipinski definition) is 1. The number of methoxy groups -OCH3 is 1. The molecule has 0 unspecified atom stereocenters. The van der Waals surface area contributed by atoms with Crippen molar-refractivity contribution >= 4 is 54.2 Å². The van der Waals surface area contributed by atoms with Gasteiger partial charge in [0.15, 0.2) is 10.9 Å². The van der Waals surface area contributed by atoms with E-state index in [-0.39, 0.29) is 10.8 Å². The molecule has 198 valence electrons. The summed E-state index contributed by atoms with van der Waals surface area (Å²) >= 11 is 7.87. The van der Waals surface area contributed by atoms with Gasteiger partial charge in [0.1, 0.15) is 5.52 Å². The summed E-state index contributed by atoms with van der Waals surface area (Å²) in [4.78, 5) is 22.2. The topological polar surface area (TPSA) is 95.1 Å². The molecule has 2 aliphatic rings. The highest BCUT2D eigenvalue weighted by atomic mass is 35.5. The van der Waals surface area contributed by atoms with Crippen molar-refractivity contribution in [2.24, 2.45) is 0 Å². The normalized spacial score (nSPS) is 17.4. The molecule has 0 bridgehead atoms. The summed E-state index contributed by atoms with van der Waals surface area (Å²) in [5.74, 6) is 0.407. The number of benzene rings is 2. The van der Waals surface area contributed by atoms with Crippen molar-refractivity contribution in [3.8, 4) is 5.75 Å². The molecular formula is C25H30ClN5O4S2. The number of aromatic nitrogens is 1. The summed E-state index contributed by atoms with van der Waals surface area (Å²) in [6.07, 6.45) is 1.78. The van der Waals surface area contributed by atoms with Gasteiger partial charge in [-0.05, 0) is 49.2 Å². The lowest BCUT2D eigenvalue weighted by Gasteiger charge is -2.34. The fourth-order valence-corrected chi connectivity index (χ4v) is 7.47. The van der Waals surface area contributed by atoms with Crippen LogP contribution in [0.5, 0.6) is 5.75 Å². The van der Waals surface area contributed by atoms with Crippen LogP contribution in [0.15, 0.2) is 41.3 Å². The summed E-state index contributed by atoms with van der Waals surface area (Å²) in [5, 5.41) is 4.46. The first-order valence-electron chi connectivity index (χ1n) is 12.4. The van der Waals surface area contributed by atoms with Crippen LogP contribution >= 0.6 is 22.9 Å². The molecule has 2 saturated heterocycles. The number of thiazole rings is 1. The lowest BCUT2D eigenvalue weighted by atomic mass is 10.2. The van der Waals surface area contributed by atoms with E-state index in [9.17, 15) is 13.2 Å². The third-order valence-corrected chi connectivity index (χ3v) is 10.1. The Balaban J connectivity index is 1.09. The molecule has 0 radical (unpaired) electrons. The molecule has 0 spiro atoms. The van der Waals surface area contributed by atoms with Gasteiger partial charge in [-0.3, -0.25) is 9.69 Å². The number of piperazine rings is 1. The van der Waals surface area contributed by atoms with Gasteiger partial charge in [0.05, 0.1) is 21.7 Å². The van der Waals surface area contributed by atoms with Gasteiger partial charge in [0.25, 0.3) is 5.91 Å². The Hall–Kier alpha value is -2.44. The molecule has 2 aromatic carbocycles. The average molecular weight is 564 g/mol. The Bertz CT molecular complexity index is 1370. The first kappa shape index (κ1) is 26.2. The third kappa shape index (κ3) is 5.56. The summed E-state index contributed by atoms with van der Waals surface area (Å²) in [6.45, 7) is 5.80. The zero-order valence-corrected chi connectivity index (χ0v) is 23.0. The Labute approximate surface area is 226 Å². The molecule has 0 saturated carbocycles. The number of fused-ring (bicyclic) bond motifs is 1. The van der Waals surface area contributed by atoms with Gasteiger partial charge in [-0.25, -0.2) is 13.4 Å². The van der Waals surface area contributed by atoms with Crippen molar-refractivity contribution in [1.29, 1.82) is 0 Å². The molecule has 12 heteroatoms. The molecule has 3 heterocycles. The maximum Gasteiger partial charge on any atom is 0.251 e. The zero-order valence-electron chi connectivity index (χ0n) is 20.7. The van der Waals surface area contributed by atoms with E-state index in [1.54, 1.807) is 30.6 Å². The van der Waals surface area contributed by atoms with E-state index in [1.807, 2.05) is 12.1 Å². The zero-order chi connectivity index (χ0) is 26.0. The molecule has 1 aromatic heterocycles. The van der Waals surface area contributed by atoms with Crippen LogP contribution in [-0.2, 0) is 10.0 Å². The molecule has 0 atom stereocenters. The van der Waals surface area contributed by atoms with Crippen molar-refractivity contribution < 1.29 is 17.9 Å². The lowest BCUT2D eigenvalue weighted by Crippen LogP contribution is -2.48. The monoisotopic (exact) mass is 563 g/mol. The van der Waals surface area contributed by atoms with Gasteiger partial charge in [-0.1, -0.05) is 22.9 Å². The molecule has 1 N–H and O–H groups in total. The molecule has 2 aliphatic heterocycles. The summed E-state index contributed by atoms with van der Waals surface area (Å²) in [7, 11) is -1.87. The second kappa shape index (κ2) is 11.1. The Kier molecular flexibility index (Phi) is 7.87.